The summed E-state index contributed by atoms with van der Waals surface area (Å²) in [5, 5.41) is 0. The molecule has 3 aliphatic rings. The van der Waals surface area contributed by atoms with E-state index in [4.69, 9.17) is 19.6 Å². The molecule has 2 aliphatic carbocycles. The van der Waals surface area contributed by atoms with Gasteiger partial charge in [0.05, 0.1) is 0 Å². The van der Waals surface area contributed by atoms with Crippen molar-refractivity contribution in [3.05, 3.63) is 0 Å². The van der Waals surface area contributed by atoms with Gasteiger partial charge < -0.3 is 0 Å². The number of hydrogen-bond donors (Lipinski definition) is 0. The van der Waals surface area contributed by atoms with Gasteiger partial charge in [-0.05, 0) is 37.5 Å². The molecule has 0 N–H and O–H groups in total. The summed E-state index contributed by atoms with van der Waals surface area (Å²) in [5.41, 5.74) is -0.253. The Balaban J connectivity index is 1.77. The second kappa shape index (κ2) is 5.17. The third kappa shape index (κ3) is 2.43. The van der Waals surface area contributed by atoms with Crippen molar-refractivity contribution in [2.45, 2.75) is 91.6 Å². The van der Waals surface area contributed by atoms with E-state index in [1.165, 1.54) is 0 Å². The molecule has 0 bridgehead atoms. The summed E-state index contributed by atoms with van der Waals surface area (Å²) >= 11 is 0. The SMILES string of the molecule is CC1CCC2(OOC3(CCC(C)CC3(C)C)OO2)C(C)(C)C1. The van der Waals surface area contributed by atoms with Crippen LogP contribution in [0.2, 0.25) is 0 Å². The predicted octanol–water partition coefficient (Wildman–Crippen LogP) is 4.98. The van der Waals surface area contributed by atoms with Crippen molar-refractivity contribution in [2.24, 2.45) is 22.7 Å². The highest BCUT2D eigenvalue weighted by Gasteiger charge is 2.63. The molecule has 0 amide bonds. The summed E-state index contributed by atoms with van der Waals surface area (Å²) < 4.78 is 0. The van der Waals surface area contributed by atoms with E-state index < -0.39 is 11.6 Å². The van der Waals surface area contributed by atoms with Crippen LogP contribution in [-0.4, -0.2) is 11.6 Å². The summed E-state index contributed by atoms with van der Waals surface area (Å²) in [4.78, 5) is 23.9. The molecule has 4 heteroatoms. The first kappa shape index (κ1) is 16.7. The fourth-order valence-electron chi connectivity index (χ4n) is 4.72. The Bertz CT molecular complexity index is 381. The van der Waals surface area contributed by atoms with Crippen LogP contribution in [0.3, 0.4) is 0 Å². The lowest BCUT2D eigenvalue weighted by atomic mass is 9.67. The minimum absolute atomic E-state index is 0.127. The summed E-state index contributed by atoms with van der Waals surface area (Å²) in [7, 11) is 0. The average molecular weight is 312 g/mol. The number of rotatable bonds is 0. The monoisotopic (exact) mass is 312 g/mol. The van der Waals surface area contributed by atoms with Crippen molar-refractivity contribution < 1.29 is 19.6 Å². The topological polar surface area (TPSA) is 36.9 Å². The maximum atomic E-state index is 5.99. The van der Waals surface area contributed by atoms with Gasteiger partial charge in [-0.3, -0.25) is 0 Å². The lowest BCUT2D eigenvalue weighted by Gasteiger charge is -2.57. The Labute approximate surface area is 134 Å². The van der Waals surface area contributed by atoms with Crippen molar-refractivity contribution in [3.63, 3.8) is 0 Å². The highest BCUT2D eigenvalue weighted by atomic mass is 17.4. The van der Waals surface area contributed by atoms with Gasteiger partial charge in [-0.15, -0.1) is 0 Å². The van der Waals surface area contributed by atoms with Gasteiger partial charge in [0.15, 0.2) is 0 Å². The molecule has 0 aromatic heterocycles. The van der Waals surface area contributed by atoms with Gasteiger partial charge in [-0.1, -0.05) is 41.5 Å². The zero-order valence-electron chi connectivity index (χ0n) is 15.0. The molecule has 2 saturated carbocycles. The molecular formula is C18H32O4. The maximum absolute atomic E-state index is 5.99. The first-order valence-corrected chi connectivity index (χ1v) is 8.85. The molecule has 2 spiro atoms. The molecule has 0 aromatic rings. The Kier molecular flexibility index (Phi) is 3.92. The molecule has 2 atom stereocenters. The van der Waals surface area contributed by atoms with E-state index in [0.29, 0.717) is 11.8 Å². The lowest BCUT2D eigenvalue weighted by molar-refractivity contribution is -0.688. The first-order valence-electron chi connectivity index (χ1n) is 8.85. The Morgan fingerprint density at radius 1 is 0.636 bits per heavy atom. The quantitative estimate of drug-likeness (QED) is 0.591. The van der Waals surface area contributed by atoms with Crippen molar-refractivity contribution in [2.75, 3.05) is 0 Å². The van der Waals surface area contributed by atoms with Gasteiger partial charge in [-0.25, -0.2) is 0 Å². The molecule has 128 valence electrons. The molecule has 22 heavy (non-hydrogen) atoms. The van der Waals surface area contributed by atoms with E-state index in [1.54, 1.807) is 0 Å². The predicted molar refractivity (Wildman–Crippen MR) is 83.4 cm³/mol. The Morgan fingerprint density at radius 2 is 0.955 bits per heavy atom. The maximum Gasteiger partial charge on any atom is 0.239 e. The van der Waals surface area contributed by atoms with Crippen LogP contribution in [0, 0.1) is 22.7 Å². The minimum atomic E-state index is -0.774. The zero-order valence-corrected chi connectivity index (χ0v) is 15.0. The highest BCUT2D eigenvalue weighted by Crippen LogP contribution is 2.57. The normalized spacial score (nSPS) is 47.7. The molecule has 0 aromatic carbocycles. The largest absolute Gasteiger partial charge is 0.239 e. The minimum Gasteiger partial charge on any atom is -0.194 e. The van der Waals surface area contributed by atoms with Crippen LogP contribution in [0.1, 0.15) is 80.1 Å². The Morgan fingerprint density at radius 3 is 1.23 bits per heavy atom. The van der Waals surface area contributed by atoms with Crippen LogP contribution >= 0.6 is 0 Å². The van der Waals surface area contributed by atoms with Gasteiger partial charge in [-0.2, -0.15) is 19.6 Å². The van der Waals surface area contributed by atoms with Crippen LogP contribution in [0.4, 0.5) is 0 Å². The molecule has 2 unspecified atom stereocenters. The molecular weight excluding hydrogens is 280 g/mol. The smallest absolute Gasteiger partial charge is 0.194 e. The third-order valence-corrected chi connectivity index (χ3v) is 6.33. The van der Waals surface area contributed by atoms with E-state index in [0.717, 1.165) is 38.5 Å². The molecule has 4 nitrogen and oxygen atoms in total. The summed E-state index contributed by atoms with van der Waals surface area (Å²) in [6.45, 7) is 13.3. The van der Waals surface area contributed by atoms with Crippen LogP contribution in [0.25, 0.3) is 0 Å². The van der Waals surface area contributed by atoms with Crippen molar-refractivity contribution in [1.29, 1.82) is 0 Å². The van der Waals surface area contributed by atoms with E-state index >= 15 is 0 Å². The lowest BCUT2D eigenvalue weighted by Crippen LogP contribution is -2.64. The van der Waals surface area contributed by atoms with E-state index in [-0.39, 0.29) is 10.8 Å². The molecule has 3 fully saturated rings. The van der Waals surface area contributed by atoms with Crippen molar-refractivity contribution in [3.8, 4) is 0 Å². The standard InChI is InChI=1S/C18H32O4/c1-13-7-9-17(15(3,4)11-13)19-21-18(22-20-17)10-8-14(2)12-16(18,5)6/h13-14H,7-12H2,1-6H3. The van der Waals surface area contributed by atoms with Crippen LogP contribution in [-0.2, 0) is 19.6 Å². The van der Waals surface area contributed by atoms with E-state index in [9.17, 15) is 0 Å². The summed E-state index contributed by atoms with van der Waals surface area (Å²) in [6, 6.07) is 0. The first-order chi connectivity index (χ1) is 10.1. The summed E-state index contributed by atoms with van der Waals surface area (Å²) in [6.07, 6.45) is 5.87. The average Bonchev–Trinajstić information content (AvgIpc) is 2.40. The van der Waals surface area contributed by atoms with E-state index in [1.807, 2.05) is 0 Å². The van der Waals surface area contributed by atoms with Gasteiger partial charge in [0, 0.05) is 23.7 Å². The zero-order chi connectivity index (χ0) is 16.2. The van der Waals surface area contributed by atoms with Crippen LogP contribution in [0.15, 0.2) is 0 Å². The third-order valence-electron chi connectivity index (χ3n) is 6.33. The van der Waals surface area contributed by atoms with Gasteiger partial charge in [0.25, 0.3) is 0 Å². The van der Waals surface area contributed by atoms with Crippen LogP contribution < -0.4 is 0 Å². The molecule has 1 aliphatic heterocycles. The molecule has 0 radical (unpaired) electrons. The van der Waals surface area contributed by atoms with Crippen LogP contribution in [0.5, 0.6) is 0 Å². The van der Waals surface area contributed by atoms with E-state index in [2.05, 4.69) is 41.5 Å². The van der Waals surface area contributed by atoms with Gasteiger partial charge >= 0.3 is 0 Å². The van der Waals surface area contributed by atoms with Gasteiger partial charge in [0.2, 0.25) is 11.6 Å². The molecule has 3 rings (SSSR count). The van der Waals surface area contributed by atoms with Gasteiger partial charge in [0.1, 0.15) is 0 Å². The fraction of sp³-hybridized carbons (Fsp3) is 1.00. The second-order valence-electron chi connectivity index (χ2n) is 9.30. The van der Waals surface area contributed by atoms with Crippen molar-refractivity contribution >= 4 is 0 Å². The molecule has 1 heterocycles. The van der Waals surface area contributed by atoms with Crippen molar-refractivity contribution in [1.82, 2.24) is 0 Å². The fourth-order valence-corrected chi connectivity index (χ4v) is 4.72. The molecule has 1 saturated heterocycles. The second-order valence-corrected chi connectivity index (χ2v) is 9.30. The summed E-state index contributed by atoms with van der Waals surface area (Å²) in [5.74, 6) is -0.195. The Hall–Kier alpha value is -0.160. The number of hydrogen-bond acceptors (Lipinski definition) is 4. The highest BCUT2D eigenvalue weighted by molar-refractivity contribution is 4.96.